The lowest BCUT2D eigenvalue weighted by Gasteiger charge is -2.19. The fourth-order valence-electron chi connectivity index (χ4n) is 1.42. The Labute approximate surface area is 113 Å². The molecule has 0 bridgehead atoms. The minimum atomic E-state index is -1.32. The number of carboxylic acids is 2. The van der Waals surface area contributed by atoms with Crippen LogP contribution in [0, 0.1) is 0 Å². The Kier molecular flexibility index (Phi) is 4.71. The first-order valence-corrected chi connectivity index (χ1v) is 5.47. The molecule has 0 saturated carbocycles. The molecule has 1 aromatic rings. The van der Waals surface area contributed by atoms with E-state index in [4.69, 9.17) is 27.5 Å². The number of benzene rings is 1. The van der Waals surface area contributed by atoms with Crippen molar-refractivity contribution >= 4 is 35.1 Å². The van der Waals surface area contributed by atoms with Crippen molar-refractivity contribution in [2.45, 2.75) is 0 Å². The fourth-order valence-corrected chi connectivity index (χ4v) is 1.59. The number of nitrogens with two attached hydrogens (primary N) is 1. The number of hydrogen-bond donors (Lipinski definition) is 3. The van der Waals surface area contributed by atoms with Gasteiger partial charge in [0.05, 0.1) is 16.3 Å². The van der Waals surface area contributed by atoms with E-state index in [9.17, 15) is 14.4 Å². The molecule has 0 heterocycles. The summed E-state index contributed by atoms with van der Waals surface area (Å²) >= 11 is 5.75. The number of anilines is 1. The van der Waals surface area contributed by atoms with Gasteiger partial charge in [-0.05, 0) is 12.1 Å². The summed E-state index contributed by atoms with van der Waals surface area (Å²) in [5.41, 5.74) is 5.56. The first-order valence-electron chi connectivity index (χ1n) is 5.09. The lowest BCUT2D eigenvalue weighted by molar-refractivity contribution is -0.140. The number of para-hydroxylation sites is 1. The monoisotopic (exact) mass is 286 g/mol. The van der Waals surface area contributed by atoms with Gasteiger partial charge in [-0.3, -0.25) is 14.4 Å². The van der Waals surface area contributed by atoms with Crippen molar-refractivity contribution in [1.82, 2.24) is 4.90 Å². The lowest BCUT2D eigenvalue weighted by atomic mass is 10.1. The molecule has 0 atom stereocenters. The Morgan fingerprint density at radius 1 is 1.16 bits per heavy atom. The van der Waals surface area contributed by atoms with Gasteiger partial charge in [-0.25, -0.2) is 0 Å². The molecule has 1 amide bonds. The summed E-state index contributed by atoms with van der Waals surface area (Å²) in [7, 11) is 0. The molecule has 0 saturated heterocycles. The number of carbonyl (C=O) groups excluding carboxylic acids is 1. The molecule has 0 aromatic heterocycles. The van der Waals surface area contributed by atoms with Gasteiger partial charge >= 0.3 is 11.9 Å². The molecule has 0 spiro atoms. The van der Waals surface area contributed by atoms with E-state index in [-0.39, 0.29) is 16.3 Å². The highest BCUT2D eigenvalue weighted by molar-refractivity contribution is 6.34. The Hall–Kier alpha value is -2.28. The van der Waals surface area contributed by atoms with E-state index >= 15 is 0 Å². The molecule has 0 aliphatic heterocycles. The standard InChI is InChI=1S/C11H11ClN2O5/c12-7-3-1-2-6(10(7)13)11(19)14(4-8(15)16)5-9(17)18/h1-3H,4-5,13H2,(H,15,16)(H,17,18). The molecule has 0 fully saturated rings. The zero-order valence-corrected chi connectivity index (χ0v) is 10.4. The van der Waals surface area contributed by atoms with Crippen LogP contribution < -0.4 is 5.73 Å². The van der Waals surface area contributed by atoms with Crippen molar-refractivity contribution in [1.29, 1.82) is 0 Å². The van der Waals surface area contributed by atoms with E-state index in [2.05, 4.69) is 0 Å². The molecule has 1 rings (SSSR count). The van der Waals surface area contributed by atoms with E-state index in [1.807, 2.05) is 0 Å². The Balaban J connectivity index is 3.07. The molecular formula is C11H11ClN2O5. The van der Waals surface area contributed by atoms with Crippen LogP contribution in [0.1, 0.15) is 10.4 Å². The summed E-state index contributed by atoms with van der Waals surface area (Å²) in [5, 5.41) is 17.5. The van der Waals surface area contributed by atoms with E-state index < -0.39 is 30.9 Å². The van der Waals surface area contributed by atoms with Crippen molar-refractivity contribution in [2.24, 2.45) is 0 Å². The maximum atomic E-state index is 12.0. The van der Waals surface area contributed by atoms with Crippen LogP contribution >= 0.6 is 11.6 Å². The molecule has 1 aromatic carbocycles. The van der Waals surface area contributed by atoms with E-state index in [1.165, 1.54) is 18.2 Å². The van der Waals surface area contributed by atoms with Gasteiger partial charge in [-0.2, -0.15) is 0 Å². The largest absolute Gasteiger partial charge is 0.480 e. The predicted molar refractivity (Wildman–Crippen MR) is 67.0 cm³/mol. The third-order valence-corrected chi connectivity index (χ3v) is 2.55. The smallest absolute Gasteiger partial charge is 0.323 e. The molecule has 4 N–H and O–H groups in total. The topological polar surface area (TPSA) is 121 Å². The highest BCUT2D eigenvalue weighted by Crippen LogP contribution is 2.23. The zero-order valence-electron chi connectivity index (χ0n) is 9.67. The molecular weight excluding hydrogens is 276 g/mol. The number of hydrogen-bond acceptors (Lipinski definition) is 4. The molecule has 8 heteroatoms. The Morgan fingerprint density at radius 3 is 2.16 bits per heavy atom. The lowest BCUT2D eigenvalue weighted by Crippen LogP contribution is -2.39. The molecule has 7 nitrogen and oxygen atoms in total. The summed E-state index contributed by atoms with van der Waals surface area (Å²) in [4.78, 5) is 34.0. The summed E-state index contributed by atoms with van der Waals surface area (Å²) < 4.78 is 0. The maximum Gasteiger partial charge on any atom is 0.323 e. The summed E-state index contributed by atoms with van der Waals surface area (Å²) in [5.74, 6) is -3.45. The summed E-state index contributed by atoms with van der Waals surface area (Å²) in [6, 6.07) is 4.28. The van der Waals surface area contributed by atoms with Crippen LogP contribution in [0.3, 0.4) is 0 Å². The normalized spacial score (nSPS) is 9.95. The third-order valence-electron chi connectivity index (χ3n) is 2.22. The fraction of sp³-hybridized carbons (Fsp3) is 0.182. The predicted octanol–water partition coefficient (Wildman–Crippen LogP) is 0.534. The Bertz CT molecular complexity index is 516. The Morgan fingerprint density at radius 2 is 1.68 bits per heavy atom. The molecule has 0 aliphatic rings. The molecule has 102 valence electrons. The van der Waals surface area contributed by atoms with Crippen LogP contribution in [0.5, 0.6) is 0 Å². The summed E-state index contributed by atoms with van der Waals surface area (Å²) in [6.45, 7) is -1.48. The zero-order chi connectivity index (χ0) is 14.6. The molecule has 19 heavy (non-hydrogen) atoms. The third kappa shape index (κ3) is 3.85. The number of rotatable bonds is 5. The van der Waals surface area contributed by atoms with Crippen molar-refractivity contribution in [3.05, 3.63) is 28.8 Å². The van der Waals surface area contributed by atoms with Gasteiger partial charge in [-0.15, -0.1) is 0 Å². The van der Waals surface area contributed by atoms with Crippen molar-refractivity contribution in [2.75, 3.05) is 18.8 Å². The second kappa shape index (κ2) is 6.05. The van der Waals surface area contributed by atoms with Crippen LogP contribution in [0.4, 0.5) is 5.69 Å². The number of amides is 1. The molecule has 0 radical (unpaired) electrons. The highest BCUT2D eigenvalue weighted by Gasteiger charge is 2.23. The minimum Gasteiger partial charge on any atom is -0.480 e. The van der Waals surface area contributed by atoms with Gasteiger partial charge in [0.25, 0.3) is 5.91 Å². The number of nitrogens with zero attached hydrogens (tertiary/aromatic N) is 1. The van der Waals surface area contributed by atoms with Crippen LogP contribution in [-0.2, 0) is 9.59 Å². The molecule has 0 unspecified atom stereocenters. The number of carboxylic acid groups (broad SMARTS) is 2. The molecule has 0 aliphatic carbocycles. The summed E-state index contributed by atoms with van der Waals surface area (Å²) in [6.07, 6.45) is 0. The van der Waals surface area contributed by atoms with Crippen molar-refractivity contribution in [3.8, 4) is 0 Å². The number of nitrogen functional groups attached to an aromatic ring is 1. The second-order valence-corrected chi connectivity index (χ2v) is 4.06. The van der Waals surface area contributed by atoms with Crippen molar-refractivity contribution < 1.29 is 24.6 Å². The van der Waals surface area contributed by atoms with Crippen LogP contribution in [0.25, 0.3) is 0 Å². The van der Waals surface area contributed by atoms with Gasteiger partial charge in [0.15, 0.2) is 0 Å². The second-order valence-electron chi connectivity index (χ2n) is 3.65. The average molecular weight is 287 g/mol. The van der Waals surface area contributed by atoms with Gasteiger partial charge in [0.1, 0.15) is 13.1 Å². The van der Waals surface area contributed by atoms with Gasteiger partial charge in [-0.1, -0.05) is 17.7 Å². The van der Waals surface area contributed by atoms with Crippen molar-refractivity contribution in [3.63, 3.8) is 0 Å². The quantitative estimate of drug-likeness (QED) is 0.679. The maximum absolute atomic E-state index is 12.0. The first-order chi connectivity index (χ1) is 8.82. The van der Waals surface area contributed by atoms with Gasteiger partial charge < -0.3 is 20.8 Å². The van der Waals surface area contributed by atoms with Crippen LogP contribution in [0.2, 0.25) is 5.02 Å². The average Bonchev–Trinajstić information content (AvgIpc) is 2.30. The minimum absolute atomic E-state index is 0.0186. The van der Waals surface area contributed by atoms with E-state index in [0.29, 0.717) is 4.90 Å². The number of carbonyl (C=O) groups is 3. The highest BCUT2D eigenvalue weighted by atomic mass is 35.5. The van der Waals surface area contributed by atoms with Gasteiger partial charge in [0, 0.05) is 0 Å². The van der Waals surface area contributed by atoms with Crippen LogP contribution in [-0.4, -0.2) is 46.0 Å². The number of aliphatic carboxylic acids is 2. The van der Waals surface area contributed by atoms with E-state index in [1.54, 1.807) is 0 Å². The number of halogens is 1. The first kappa shape index (κ1) is 14.8. The van der Waals surface area contributed by atoms with Gasteiger partial charge in [0.2, 0.25) is 0 Å². The SMILES string of the molecule is Nc1c(Cl)cccc1C(=O)N(CC(=O)O)CC(=O)O. The van der Waals surface area contributed by atoms with E-state index in [0.717, 1.165) is 0 Å². The van der Waals surface area contributed by atoms with Crippen LogP contribution in [0.15, 0.2) is 18.2 Å².